The average molecular weight is 263 g/mol. The summed E-state index contributed by atoms with van der Waals surface area (Å²) in [6, 6.07) is 0. The molecule has 2 N–H and O–H groups in total. The molecule has 0 unspecified atom stereocenters. The Bertz CT molecular complexity index is 735. The molecule has 102 valence electrons. The van der Waals surface area contributed by atoms with Crippen molar-refractivity contribution in [2.75, 3.05) is 11.9 Å². The van der Waals surface area contributed by atoms with Crippen molar-refractivity contribution in [3.8, 4) is 0 Å². The fourth-order valence-electron chi connectivity index (χ4n) is 1.85. The molecule has 0 atom stereocenters. The summed E-state index contributed by atoms with van der Waals surface area (Å²) in [4.78, 5) is 30.8. The first-order valence-corrected chi connectivity index (χ1v) is 6.07. The third kappa shape index (κ3) is 2.31. The van der Waals surface area contributed by atoms with Gasteiger partial charge in [-0.15, -0.1) is 0 Å². The molecule has 0 aromatic carbocycles. The lowest BCUT2D eigenvalue weighted by Crippen LogP contribution is -2.36. The summed E-state index contributed by atoms with van der Waals surface area (Å²) in [7, 11) is 3.04. The van der Waals surface area contributed by atoms with Crippen LogP contribution in [-0.2, 0) is 14.1 Å². The van der Waals surface area contributed by atoms with Crippen LogP contribution in [0.15, 0.2) is 21.7 Å². The number of aryl methyl sites for hydroxylation is 1. The first-order valence-electron chi connectivity index (χ1n) is 6.07. The maximum atomic E-state index is 11.9. The molecule has 0 fully saturated rings. The van der Waals surface area contributed by atoms with Crippen molar-refractivity contribution < 1.29 is 0 Å². The normalized spacial score (nSPS) is 11.5. The predicted octanol–water partition coefficient (Wildman–Crippen LogP) is 0.338. The van der Waals surface area contributed by atoms with E-state index in [0.717, 1.165) is 11.0 Å². The molecule has 2 aromatic heterocycles. The van der Waals surface area contributed by atoms with Crippen molar-refractivity contribution in [1.82, 2.24) is 19.1 Å². The van der Waals surface area contributed by atoms with E-state index < -0.39 is 0 Å². The highest BCUT2D eigenvalue weighted by Crippen LogP contribution is 2.08. The van der Waals surface area contributed by atoms with Gasteiger partial charge in [0.2, 0.25) is 5.95 Å². The molecule has 0 spiro atoms. The minimum Gasteiger partial charge on any atom is -0.355 e. The molecule has 0 saturated carbocycles. The second-order valence-corrected chi connectivity index (χ2v) is 4.27. The van der Waals surface area contributed by atoms with E-state index in [1.54, 1.807) is 7.05 Å². The molecule has 0 bridgehead atoms. The fraction of sp³-hybridized carbons (Fsp3) is 0.417. The van der Waals surface area contributed by atoms with Gasteiger partial charge in [-0.3, -0.25) is 13.9 Å². The molecule has 0 saturated heterocycles. The van der Waals surface area contributed by atoms with Crippen molar-refractivity contribution in [2.24, 2.45) is 14.1 Å². The van der Waals surface area contributed by atoms with Crippen LogP contribution >= 0.6 is 0 Å². The van der Waals surface area contributed by atoms with Crippen molar-refractivity contribution in [1.29, 1.82) is 0 Å². The van der Waals surface area contributed by atoms with Gasteiger partial charge in [0.25, 0.3) is 5.56 Å². The third-order valence-corrected chi connectivity index (χ3v) is 2.93. The number of hydrogen-bond donors (Lipinski definition) is 2. The molecule has 0 aliphatic heterocycles. The van der Waals surface area contributed by atoms with Gasteiger partial charge in [0.1, 0.15) is 0 Å². The van der Waals surface area contributed by atoms with E-state index in [-0.39, 0.29) is 11.2 Å². The van der Waals surface area contributed by atoms with Crippen LogP contribution < -0.4 is 16.6 Å². The molecule has 7 heteroatoms. The van der Waals surface area contributed by atoms with Crippen LogP contribution in [0.1, 0.15) is 13.3 Å². The Balaban J connectivity index is 2.41. The number of anilines is 1. The van der Waals surface area contributed by atoms with Gasteiger partial charge in [-0.25, -0.2) is 4.79 Å². The highest BCUT2D eigenvalue weighted by atomic mass is 16.2. The van der Waals surface area contributed by atoms with Gasteiger partial charge >= 0.3 is 5.69 Å². The predicted molar refractivity (Wildman–Crippen MR) is 74.5 cm³/mol. The second kappa shape index (κ2) is 5.13. The lowest BCUT2D eigenvalue weighted by molar-refractivity contribution is 0.709. The number of nitrogens with zero attached hydrogens (tertiary/aromatic N) is 3. The fourth-order valence-corrected chi connectivity index (χ4v) is 1.85. The van der Waals surface area contributed by atoms with Crippen LogP contribution in [0.5, 0.6) is 0 Å². The van der Waals surface area contributed by atoms with Gasteiger partial charge in [0.05, 0.1) is 0 Å². The standard InChI is InChI=1S/C12H17N5O2/c1-4-5-6-7-13-11-14-8-9(15-11)16(2)12(19)17(3)10(8)18/h4-5H,6-7H2,1-3H3,(H2,13,14,15)/b5-4+. The number of H-pyrrole nitrogens is 1. The number of aromatic amines is 1. The number of nitrogens with one attached hydrogen (secondary N) is 2. The van der Waals surface area contributed by atoms with E-state index in [1.807, 2.05) is 19.1 Å². The van der Waals surface area contributed by atoms with Gasteiger partial charge in [-0.1, -0.05) is 12.2 Å². The number of aromatic nitrogens is 4. The van der Waals surface area contributed by atoms with E-state index in [1.165, 1.54) is 11.6 Å². The second-order valence-electron chi connectivity index (χ2n) is 4.27. The molecule has 2 aromatic rings. The van der Waals surface area contributed by atoms with Crippen molar-refractivity contribution in [3.63, 3.8) is 0 Å². The van der Waals surface area contributed by atoms with E-state index in [9.17, 15) is 9.59 Å². The Kier molecular flexibility index (Phi) is 3.55. The zero-order chi connectivity index (χ0) is 14.0. The first-order chi connectivity index (χ1) is 9.06. The summed E-state index contributed by atoms with van der Waals surface area (Å²) in [6.45, 7) is 2.67. The zero-order valence-electron chi connectivity index (χ0n) is 11.2. The average Bonchev–Trinajstić information content (AvgIpc) is 2.83. The van der Waals surface area contributed by atoms with Gasteiger partial charge in [0.15, 0.2) is 11.2 Å². The molecule has 19 heavy (non-hydrogen) atoms. The van der Waals surface area contributed by atoms with Gasteiger partial charge in [-0.05, 0) is 13.3 Å². The maximum Gasteiger partial charge on any atom is 0.332 e. The zero-order valence-corrected chi connectivity index (χ0v) is 11.2. The molecule has 2 heterocycles. The van der Waals surface area contributed by atoms with E-state index >= 15 is 0 Å². The smallest absolute Gasteiger partial charge is 0.332 e. The minimum atomic E-state index is -0.385. The molecular weight excluding hydrogens is 246 g/mol. The maximum absolute atomic E-state index is 11.9. The summed E-state index contributed by atoms with van der Waals surface area (Å²) >= 11 is 0. The monoisotopic (exact) mass is 263 g/mol. The Morgan fingerprint density at radius 3 is 2.74 bits per heavy atom. The number of fused-ring (bicyclic) bond motifs is 1. The number of rotatable bonds is 4. The topological polar surface area (TPSA) is 84.7 Å². The lowest BCUT2D eigenvalue weighted by Gasteiger charge is -2.00. The largest absolute Gasteiger partial charge is 0.355 e. The summed E-state index contributed by atoms with van der Waals surface area (Å²) in [5, 5.41) is 3.08. The van der Waals surface area contributed by atoms with Crippen molar-refractivity contribution >= 4 is 17.1 Å². The van der Waals surface area contributed by atoms with Crippen molar-refractivity contribution in [3.05, 3.63) is 33.0 Å². The first kappa shape index (κ1) is 13.1. The van der Waals surface area contributed by atoms with Crippen LogP contribution in [0, 0.1) is 0 Å². The highest BCUT2D eigenvalue weighted by molar-refractivity contribution is 5.72. The summed E-state index contributed by atoms with van der Waals surface area (Å²) < 4.78 is 2.41. The molecular formula is C12H17N5O2. The van der Waals surface area contributed by atoms with Gasteiger partial charge in [0, 0.05) is 20.6 Å². The Morgan fingerprint density at radius 2 is 2.05 bits per heavy atom. The Hall–Kier alpha value is -2.31. The van der Waals surface area contributed by atoms with Crippen LogP contribution in [0.3, 0.4) is 0 Å². The molecule has 0 aliphatic carbocycles. The molecule has 0 amide bonds. The Morgan fingerprint density at radius 1 is 1.32 bits per heavy atom. The van der Waals surface area contributed by atoms with Crippen LogP contribution in [0.25, 0.3) is 11.2 Å². The number of imidazole rings is 1. The molecule has 0 radical (unpaired) electrons. The van der Waals surface area contributed by atoms with Crippen molar-refractivity contribution in [2.45, 2.75) is 13.3 Å². The molecule has 2 rings (SSSR count). The molecule has 7 nitrogen and oxygen atoms in total. The minimum absolute atomic E-state index is 0.332. The van der Waals surface area contributed by atoms with Crippen LogP contribution in [0.2, 0.25) is 0 Å². The summed E-state index contributed by atoms with van der Waals surface area (Å²) in [5.41, 5.74) is -0.0589. The van der Waals surface area contributed by atoms with Crippen LogP contribution in [-0.4, -0.2) is 25.6 Å². The quantitative estimate of drug-likeness (QED) is 0.615. The molecule has 0 aliphatic rings. The van der Waals surface area contributed by atoms with E-state index in [2.05, 4.69) is 15.3 Å². The highest BCUT2D eigenvalue weighted by Gasteiger charge is 2.12. The summed E-state index contributed by atoms with van der Waals surface area (Å²) in [5.74, 6) is 0.498. The SMILES string of the molecule is C/C=C/CCNc1nc2c([nH]1)c(=O)n(C)c(=O)n2C. The number of allylic oxidation sites excluding steroid dienone is 1. The van der Waals surface area contributed by atoms with E-state index in [0.29, 0.717) is 23.7 Å². The van der Waals surface area contributed by atoms with Crippen LogP contribution in [0.4, 0.5) is 5.95 Å². The third-order valence-electron chi connectivity index (χ3n) is 2.93. The van der Waals surface area contributed by atoms with E-state index in [4.69, 9.17) is 0 Å². The number of hydrogen-bond acceptors (Lipinski definition) is 4. The van der Waals surface area contributed by atoms with Gasteiger partial charge in [-0.2, -0.15) is 4.98 Å². The Labute approximate surface area is 109 Å². The van der Waals surface area contributed by atoms with Gasteiger partial charge < -0.3 is 10.3 Å². The lowest BCUT2D eigenvalue weighted by atomic mass is 10.4. The summed E-state index contributed by atoms with van der Waals surface area (Å²) in [6.07, 6.45) is 4.87.